The van der Waals surface area contributed by atoms with Crippen LogP contribution in [0.5, 0.6) is 0 Å². The molecular formula is C8H10N4O4. The molecule has 86 valence electrons. The monoisotopic (exact) mass is 226 g/mol. The van der Waals surface area contributed by atoms with Crippen molar-refractivity contribution in [1.82, 2.24) is 0 Å². The van der Waals surface area contributed by atoms with Crippen LogP contribution in [0.15, 0.2) is 34.6 Å². The molecule has 0 amide bonds. The van der Waals surface area contributed by atoms with Crippen molar-refractivity contribution >= 4 is 24.1 Å². The van der Waals surface area contributed by atoms with Gasteiger partial charge in [-0.25, -0.2) is 10.1 Å². The maximum Gasteiger partial charge on any atom is 0.160 e. The van der Waals surface area contributed by atoms with Crippen LogP contribution in [0.2, 0.25) is 0 Å². The summed E-state index contributed by atoms with van der Waals surface area (Å²) in [5.74, 6) is 0. The van der Waals surface area contributed by atoms with Gasteiger partial charge >= 0.3 is 0 Å². The third-order valence-corrected chi connectivity index (χ3v) is 1.68. The predicted molar refractivity (Wildman–Crippen MR) is 55.5 cm³/mol. The molecule has 16 heavy (non-hydrogen) atoms. The van der Waals surface area contributed by atoms with Crippen molar-refractivity contribution in [1.29, 1.82) is 0 Å². The van der Waals surface area contributed by atoms with Gasteiger partial charge in [-0.2, -0.15) is 0 Å². The molecule has 0 saturated heterocycles. The summed E-state index contributed by atoms with van der Waals surface area (Å²) in [6, 6.07) is 5.92. The van der Waals surface area contributed by atoms with E-state index < -0.39 is 0 Å². The molecule has 0 bridgehead atoms. The van der Waals surface area contributed by atoms with Crippen LogP contribution in [0, 0.1) is 0 Å². The van der Waals surface area contributed by atoms with Crippen molar-refractivity contribution in [2.45, 2.75) is 0 Å². The molecule has 0 aliphatic carbocycles. The Morgan fingerprint density at radius 3 is 1.75 bits per heavy atom. The van der Waals surface area contributed by atoms with Crippen LogP contribution >= 0.6 is 0 Å². The molecular weight excluding hydrogens is 216 g/mol. The smallest absolute Gasteiger partial charge is 0.160 e. The summed E-state index contributed by atoms with van der Waals surface area (Å²) in [6.07, 6.45) is 1.53. The fraction of sp³-hybridized carbons (Fsp3) is 0. The van der Waals surface area contributed by atoms with Gasteiger partial charge in [0.15, 0.2) is 12.7 Å². The molecule has 1 aromatic carbocycles. The van der Waals surface area contributed by atoms with E-state index in [0.29, 0.717) is 10.1 Å². The van der Waals surface area contributed by atoms with E-state index in [1.54, 1.807) is 0 Å². The van der Waals surface area contributed by atoms with Gasteiger partial charge in [-0.15, -0.1) is 0 Å². The molecule has 0 aliphatic heterocycles. The fourth-order valence-corrected chi connectivity index (χ4v) is 1.01. The first-order chi connectivity index (χ1) is 7.69. The van der Waals surface area contributed by atoms with Gasteiger partial charge in [-0.1, -0.05) is 16.4 Å². The Labute approximate surface area is 90.5 Å². The van der Waals surface area contributed by atoms with Crippen molar-refractivity contribution in [2.75, 3.05) is 10.1 Å². The molecule has 1 rings (SSSR count). The predicted octanol–water partition coefficient (Wildman–Crippen LogP) is 0.913. The lowest BCUT2D eigenvalue weighted by Crippen LogP contribution is -2.18. The molecule has 4 N–H and O–H groups in total. The first kappa shape index (κ1) is 11.8. The van der Waals surface area contributed by atoms with Crippen LogP contribution in [0.4, 0.5) is 11.4 Å². The lowest BCUT2D eigenvalue weighted by molar-refractivity contribution is 0.289. The second kappa shape index (κ2) is 5.53. The highest BCUT2D eigenvalue weighted by Crippen LogP contribution is 2.19. The third kappa shape index (κ3) is 2.83. The summed E-state index contributed by atoms with van der Waals surface area (Å²) in [5, 5.41) is 41.4. The summed E-state index contributed by atoms with van der Waals surface area (Å²) in [4.78, 5) is 0. The van der Waals surface area contributed by atoms with Crippen LogP contribution < -0.4 is 10.1 Å². The summed E-state index contributed by atoms with van der Waals surface area (Å²) in [6.45, 7) is 0. The Hall–Kier alpha value is -2.32. The number of hydrogen-bond donors (Lipinski definition) is 4. The van der Waals surface area contributed by atoms with Gasteiger partial charge in [0, 0.05) is 0 Å². The van der Waals surface area contributed by atoms with E-state index in [0.717, 1.165) is 12.7 Å². The first-order valence-corrected chi connectivity index (χ1v) is 4.10. The Kier molecular flexibility index (Phi) is 4.07. The highest BCUT2D eigenvalue weighted by atomic mass is 16.5. The van der Waals surface area contributed by atoms with Gasteiger partial charge in [-0.3, -0.25) is 10.4 Å². The van der Waals surface area contributed by atoms with E-state index in [1.165, 1.54) is 24.3 Å². The zero-order chi connectivity index (χ0) is 12.0. The van der Waals surface area contributed by atoms with E-state index in [9.17, 15) is 10.4 Å². The minimum Gasteiger partial charge on any atom is -0.410 e. The van der Waals surface area contributed by atoms with Gasteiger partial charge in [0.2, 0.25) is 0 Å². The molecule has 0 spiro atoms. The van der Waals surface area contributed by atoms with E-state index in [4.69, 9.17) is 10.4 Å². The Morgan fingerprint density at radius 1 is 0.938 bits per heavy atom. The molecule has 0 radical (unpaired) electrons. The minimum atomic E-state index is 0.251. The van der Waals surface area contributed by atoms with Gasteiger partial charge < -0.3 is 10.4 Å². The quantitative estimate of drug-likeness (QED) is 0.263. The molecule has 0 atom stereocenters. The minimum absolute atomic E-state index is 0.251. The second-order valence-electron chi connectivity index (χ2n) is 2.67. The molecule has 0 aliphatic rings. The number of anilines is 2. The SMILES string of the molecule is ON=CN(O)c1cccc(N(O)C=NO)c1. The normalized spacial score (nSPS) is 11.1. The molecule has 0 aromatic heterocycles. The standard InChI is InChI=1S/C8H10N4O4/c13-9-5-11(15)7-2-1-3-8(4-7)12(16)6-10-14/h1-6,13-16H. The molecule has 0 fully saturated rings. The van der Waals surface area contributed by atoms with E-state index in [1.807, 2.05) is 0 Å². The van der Waals surface area contributed by atoms with Crippen LogP contribution in [0.1, 0.15) is 0 Å². The molecule has 8 nitrogen and oxygen atoms in total. The van der Waals surface area contributed by atoms with E-state index in [2.05, 4.69) is 10.3 Å². The molecule has 0 saturated carbocycles. The summed E-state index contributed by atoms with van der Waals surface area (Å²) in [7, 11) is 0. The highest BCUT2D eigenvalue weighted by Gasteiger charge is 2.04. The zero-order valence-electron chi connectivity index (χ0n) is 8.04. The van der Waals surface area contributed by atoms with Crippen molar-refractivity contribution in [3.05, 3.63) is 24.3 Å². The maximum absolute atomic E-state index is 9.30. The third-order valence-electron chi connectivity index (χ3n) is 1.68. The van der Waals surface area contributed by atoms with Crippen LogP contribution in [-0.4, -0.2) is 33.5 Å². The number of rotatable bonds is 4. The Bertz CT molecular complexity index is 362. The largest absolute Gasteiger partial charge is 0.410 e. The van der Waals surface area contributed by atoms with E-state index >= 15 is 0 Å². The maximum atomic E-state index is 9.30. The Morgan fingerprint density at radius 2 is 1.38 bits per heavy atom. The zero-order valence-corrected chi connectivity index (χ0v) is 8.04. The molecule has 8 heteroatoms. The number of nitrogens with zero attached hydrogens (tertiary/aromatic N) is 4. The summed E-state index contributed by atoms with van der Waals surface area (Å²) < 4.78 is 0. The average molecular weight is 226 g/mol. The van der Waals surface area contributed by atoms with Gasteiger partial charge in [0.25, 0.3) is 0 Å². The lowest BCUT2D eigenvalue weighted by Gasteiger charge is -2.14. The van der Waals surface area contributed by atoms with Crippen LogP contribution in [-0.2, 0) is 0 Å². The number of hydrogen-bond acceptors (Lipinski definition) is 6. The number of hydroxylamine groups is 2. The van der Waals surface area contributed by atoms with Crippen molar-refractivity contribution in [3.8, 4) is 0 Å². The molecule has 1 aromatic rings. The lowest BCUT2D eigenvalue weighted by atomic mass is 10.3. The van der Waals surface area contributed by atoms with Crippen LogP contribution in [0.25, 0.3) is 0 Å². The molecule has 0 unspecified atom stereocenters. The fourth-order valence-electron chi connectivity index (χ4n) is 1.01. The van der Waals surface area contributed by atoms with E-state index in [-0.39, 0.29) is 11.4 Å². The topological polar surface area (TPSA) is 112 Å². The Balaban J connectivity index is 2.94. The van der Waals surface area contributed by atoms with Gasteiger partial charge in [0.05, 0.1) is 11.4 Å². The average Bonchev–Trinajstić information content (AvgIpc) is 2.30. The first-order valence-electron chi connectivity index (χ1n) is 4.10. The second-order valence-corrected chi connectivity index (χ2v) is 2.67. The van der Waals surface area contributed by atoms with Crippen molar-refractivity contribution in [3.63, 3.8) is 0 Å². The number of oxime groups is 2. The van der Waals surface area contributed by atoms with Gasteiger partial charge in [0.1, 0.15) is 0 Å². The summed E-state index contributed by atoms with van der Waals surface area (Å²) >= 11 is 0. The number of benzene rings is 1. The van der Waals surface area contributed by atoms with Gasteiger partial charge in [-0.05, 0) is 18.2 Å². The molecule has 0 heterocycles. The highest BCUT2D eigenvalue weighted by molar-refractivity contribution is 5.81. The van der Waals surface area contributed by atoms with Crippen LogP contribution in [0.3, 0.4) is 0 Å². The van der Waals surface area contributed by atoms with Crippen molar-refractivity contribution in [2.24, 2.45) is 10.3 Å². The summed E-state index contributed by atoms with van der Waals surface area (Å²) in [5.41, 5.74) is 0.501. The van der Waals surface area contributed by atoms with Crippen molar-refractivity contribution < 1.29 is 20.8 Å².